The van der Waals surface area contributed by atoms with Crippen molar-refractivity contribution in [3.05, 3.63) is 0 Å². The van der Waals surface area contributed by atoms with Gasteiger partial charge in [-0.2, -0.15) is 0 Å². The predicted molar refractivity (Wildman–Crippen MR) is 53.7 cm³/mol. The maximum atomic E-state index is 10.7. The van der Waals surface area contributed by atoms with E-state index >= 15 is 0 Å². The smallest absolute Gasteiger partial charge is 0.307 e. The molecule has 0 aromatic rings. The van der Waals surface area contributed by atoms with Crippen molar-refractivity contribution in [2.75, 3.05) is 0 Å². The van der Waals surface area contributed by atoms with Crippen molar-refractivity contribution in [3.63, 3.8) is 0 Å². The van der Waals surface area contributed by atoms with Gasteiger partial charge in [0.2, 0.25) is 0 Å². The van der Waals surface area contributed by atoms with Crippen molar-refractivity contribution in [2.24, 2.45) is 5.92 Å². The molecule has 0 aromatic carbocycles. The summed E-state index contributed by atoms with van der Waals surface area (Å²) in [6.07, 6.45) is 5.09. The summed E-state index contributed by atoms with van der Waals surface area (Å²) >= 11 is 0. The maximum absolute atomic E-state index is 10.7. The maximum Gasteiger partial charge on any atom is 0.307 e. The second-order valence-corrected chi connectivity index (χ2v) is 3.30. The fraction of sp³-hybridized carbons (Fsp3) is 0.889. The first-order chi connectivity index (χ1) is 5.74. The Morgan fingerprint density at radius 3 is 2.42 bits per heavy atom. The van der Waals surface area contributed by atoms with E-state index in [1.807, 2.05) is 9.47 Å². The molecule has 72 valence electrons. The summed E-state index contributed by atoms with van der Waals surface area (Å²) in [6.45, 7) is 4.39. The first-order valence-corrected chi connectivity index (χ1v) is 5.11. The first-order valence-electron chi connectivity index (χ1n) is 4.64. The van der Waals surface area contributed by atoms with Gasteiger partial charge in [0, 0.05) is 6.42 Å². The number of carbonyl (C=O) groups is 1. The van der Waals surface area contributed by atoms with Gasteiger partial charge in [-0.25, -0.2) is 0 Å². The largest absolute Gasteiger partial charge is 0.452 e. The number of rotatable bonds is 6. The van der Waals surface area contributed by atoms with Crippen LogP contribution in [0.5, 0.6) is 0 Å². The molecule has 0 fully saturated rings. The minimum Gasteiger partial charge on any atom is -0.452 e. The van der Waals surface area contributed by atoms with Crippen LogP contribution in [0.15, 0.2) is 0 Å². The Bertz CT molecular complexity index is 122. The lowest BCUT2D eigenvalue weighted by Gasteiger charge is -2.10. The van der Waals surface area contributed by atoms with Crippen LogP contribution in [0.2, 0.25) is 0 Å². The number of carbonyl (C=O) groups excluding carboxylic acids is 1. The third kappa shape index (κ3) is 5.54. The summed E-state index contributed by atoms with van der Waals surface area (Å²) in [7, 11) is 1.99. The van der Waals surface area contributed by atoms with Gasteiger partial charge in [0.1, 0.15) is 0 Å². The van der Waals surface area contributed by atoms with Crippen LogP contribution in [0.1, 0.15) is 46.0 Å². The Morgan fingerprint density at radius 2 is 2.00 bits per heavy atom. The molecule has 0 N–H and O–H groups in total. The van der Waals surface area contributed by atoms with E-state index in [4.69, 9.17) is 0 Å². The average molecular weight is 190 g/mol. The van der Waals surface area contributed by atoms with Crippen LogP contribution in [0.4, 0.5) is 0 Å². The van der Waals surface area contributed by atoms with Crippen molar-refractivity contribution in [3.8, 4) is 0 Å². The van der Waals surface area contributed by atoms with Gasteiger partial charge < -0.3 is 4.52 Å². The predicted octanol–water partition coefficient (Wildman–Crippen LogP) is 2.93. The molecule has 0 spiro atoms. The third-order valence-electron chi connectivity index (χ3n) is 2.28. The molecule has 0 saturated carbocycles. The van der Waals surface area contributed by atoms with Crippen molar-refractivity contribution >= 4 is 15.4 Å². The lowest BCUT2D eigenvalue weighted by atomic mass is 9.97. The average Bonchev–Trinajstić information content (AvgIpc) is 2.12. The van der Waals surface area contributed by atoms with Crippen molar-refractivity contribution in [2.45, 2.75) is 46.0 Å². The molecule has 0 bridgehead atoms. The fourth-order valence-electron chi connectivity index (χ4n) is 1.29. The highest BCUT2D eigenvalue weighted by atomic mass is 31.0. The highest BCUT2D eigenvalue weighted by Gasteiger charge is 2.05. The molecule has 1 atom stereocenters. The summed E-state index contributed by atoms with van der Waals surface area (Å²) < 4.78 is 4.48. The highest BCUT2D eigenvalue weighted by Crippen LogP contribution is 2.16. The van der Waals surface area contributed by atoms with E-state index in [0.29, 0.717) is 6.42 Å². The Morgan fingerprint density at radius 1 is 1.42 bits per heavy atom. The van der Waals surface area contributed by atoms with E-state index in [9.17, 15) is 4.79 Å². The molecule has 0 rings (SSSR count). The van der Waals surface area contributed by atoms with Gasteiger partial charge in [0.15, 0.2) is 0 Å². The highest BCUT2D eigenvalue weighted by molar-refractivity contribution is 7.10. The quantitative estimate of drug-likeness (QED) is 0.602. The molecule has 3 heteroatoms. The van der Waals surface area contributed by atoms with Gasteiger partial charge in [0.05, 0.1) is 9.47 Å². The molecular formula is C9H19O2P. The third-order valence-corrected chi connectivity index (χ3v) is 2.54. The molecule has 0 saturated heterocycles. The van der Waals surface area contributed by atoms with Crippen molar-refractivity contribution in [1.82, 2.24) is 0 Å². The summed E-state index contributed by atoms with van der Waals surface area (Å²) in [4.78, 5) is 10.7. The van der Waals surface area contributed by atoms with Gasteiger partial charge in [-0.15, -0.1) is 0 Å². The summed E-state index contributed by atoms with van der Waals surface area (Å²) in [5.41, 5.74) is 0. The first kappa shape index (κ1) is 11.9. The van der Waals surface area contributed by atoms with Gasteiger partial charge in [-0.3, -0.25) is 4.79 Å². The standard InChI is InChI=1S/C9H19O2P/c1-3-8(4-2)6-5-7-9(10)11-12/h8H,3-7,12H2,1-2H3. The molecule has 0 aliphatic heterocycles. The molecular weight excluding hydrogens is 171 g/mol. The summed E-state index contributed by atoms with van der Waals surface area (Å²) in [5.74, 6) is 0.660. The van der Waals surface area contributed by atoms with Crippen LogP contribution >= 0.6 is 9.47 Å². The van der Waals surface area contributed by atoms with Gasteiger partial charge in [-0.05, 0) is 18.8 Å². The van der Waals surface area contributed by atoms with E-state index < -0.39 is 0 Å². The molecule has 0 radical (unpaired) electrons. The van der Waals surface area contributed by atoms with E-state index in [-0.39, 0.29) is 5.97 Å². The monoisotopic (exact) mass is 190 g/mol. The number of hydrogen-bond acceptors (Lipinski definition) is 2. The number of hydrogen-bond donors (Lipinski definition) is 0. The topological polar surface area (TPSA) is 26.3 Å². The molecule has 12 heavy (non-hydrogen) atoms. The van der Waals surface area contributed by atoms with Crippen LogP contribution in [-0.2, 0) is 9.32 Å². The zero-order chi connectivity index (χ0) is 9.40. The van der Waals surface area contributed by atoms with E-state index in [2.05, 4.69) is 18.4 Å². The summed E-state index contributed by atoms with van der Waals surface area (Å²) in [6, 6.07) is 0. The van der Waals surface area contributed by atoms with Crippen LogP contribution in [0, 0.1) is 5.92 Å². The lowest BCUT2D eigenvalue weighted by molar-refractivity contribution is -0.133. The van der Waals surface area contributed by atoms with E-state index in [1.54, 1.807) is 0 Å². The zero-order valence-corrected chi connectivity index (χ0v) is 9.16. The van der Waals surface area contributed by atoms with Crippen LogP contribution < -0.4 is 0 Å². The molecule has 0 heterocycles. The minimum atomic E-state index is -0.119. The lowest BCUT2D eigenvalue weighted by Crippen LogP contribution is -2.00. The Kier molecular flexibility index (Phi) is 7.48. The second-order valence-electron chi connectivity index (χ2n) is 3.06. The Hall–Kier alpha value is -0.100. The summed E-state index contributed by atoms with van der Waals surface area (Å²) in [5, 5.41) is 0. The SMILES string of the molecule is CCC(CC)CCCC(=O)OP. The Labute approximate surface area is 77.4 Å². The van der Waals surface area contributed by atoms with Gasteiger partial charge >= 0.3 is 5.97 Å². The van der Waals surface area contributed by atoms with Crippen molar-refractivity contribution in [1.29, 1.82) is 0 Å². The Balaban J connectivity index is 3.34. The van der Waals surface area contributed by atoms with Crippen LogP contribution in [0.25, 0.3) is 0 Å². The van der Waals surface area contributed by atoms with Crippen LogP contribution in [-0.4, -0.2) is 5.97 Å². The van der Waals surface area contributed by atoms with Crippen LogP contribution in [0.3, 0.4) is 0 Å². The minimum absolute atomic E-state index is 0.119. The molecule has 2 nitrogen and oxygen atoms in total. The fourth-order valence-corrected chi connectivity index (χ4v) is 1.41. The zero-order valence-electron chi connectivity index (χ0n) is 8.01. The van der Waals surface area contributed by atoms with E-state index in [0.717, 1.165) is 18.8 Å². The van der Waals surface area contributed by atoms with Crippen molar-refractivity contribution < 1.29 is 9.32 Å². The molecule has 0 aliphatic carbocycles. The molecule has 0 aromatic heterocycles. The van der Waals surface area contributed by atoms with E-state index in [1.165, 1.54) is 12.8 Å². The molecule has 0 amide bonds. The second kappa shape index (κ2) is 7.54. The molecule has 0 aliphatic rings. The molecule has 1 unspecified atom stereocenters. The normalized spacial score (nSPS) is 10.3. The van der Waals surface area contributed by atoms with Gasteiger partial charge in [0.25, 0.3) is 0 Å². The van der Waals surface area contributed by atoms with Gasteiger partial charge in [-0.1, -0.05) is 26.7 Å².